The normalized spacial score (nSPS) is 25.3. The number of aromatic nitrogens is 1. The van der Waals surface area contributed by atoms with Gasteiger partial charge in [0.15, 0.2) is 6.20 Å². The van der Waals surface area contributed by atoms with E-state index in [9.17, 15) is 0 Å². The van der Waals surface area contributed by atoms with Crippen LogP contribution in [0.25, 0.3) is 11.3 Å². The highest BCUT2D eigenvalue weighted by molar-refractivity contribution is 5.81. The lowest BCUT2D eigenvalue weighted by molar-refractivity contribution is -0.661. The Morgan fingerprint density at radius 3 is 1.71 bits per heavy atom. The molecule has 1 heteroatoms. The summed E-state index contributed by atoms with van der Waals surface area (Å²) in [5.74, 6) is 0. The molecule has 0 saturated heterocycles. The number of hydrogen-bond acceptors (Lipinski definition) is 0. The fourth-order valence-corrected chi connectivity index (χ4v) is 8.66. The first-order valence-electron chi connectivity index (χ1n) is 14.0. The molecule has 0 N–H and O–H groups in total. The van der Waals surface area contributed by atoms with Gasteiger partial charge in [-0.2, -0.15) is 0 Å². The summed E-state index contributed by atoms with van der Waals surface area (Å²) in [6.45, 7) is 32.4. The lowest BCUT2D eigenvalue weighted by atomic mass is 9.50. The predicted octanol–water partition coefficient (Wildman–Crippen LogP) is 8.36. The molecule has 1 nitrogen and oxygen atoms in total. The highest BCUT2D eigenvalue weighted by Gasteiger charge is 2.57. The van der Waals surface area contributed by atoms with Crippen molar-refractivity contribution in [2.24, 2.45) is 7.05 Å². The Balaban J connectivity index is 2.04. The van der Waals surface area contributed by atoms with Crippen LogP contribution >= 0.6 is 0 Å². The van der Waals surface area contributed by atoms with Crippen LogP contribution in [0.2, 0.25) is 0 Å². The van der Waals surface area contributed by atoms with Crippen LogP contribution in [0.1, 0.15) is 141 Å². The summed E-state index contributed by atoms with van der Waals surface area (Å²) in [4.78, 5) is 0. The van der Waals surface area contributed by atoms with Crippen molar-refractivity contribution in [1.29, 1.82) is 0 Å². The molecule has 0 aliphatic heterocycles. The molecule has 3 aliphatic carbocycles. The van der Waals surface area contributed by atoms with Gasteiger partial charge in [0, 0.05) is 22.0 Å². The molecule has 0 spiro atoms. The van der Waals surface area contributed by atoms with Crippen molar-refractivity contribution in [3.05, 3.63) is 51.2 Å². The van der Waals surface area contributed by atoms with E-state index < -0.39 is 0 Å². The molecule has 0 fully saturated rings. The van der Waals surface area contributed by atoms with E-state index in [0.29, 0.717) is 0 Å². The molecule has 2 aromatic rings. The fourth-order valence-electron chi connectivity index (χ4n) is 8.66. The minimum atomic E-state index is 0.00744. The molecule has 1 aromatic carbocycles. The number of hydrogen-bond donors (Lipinski definition) is 0. The summed E-state index contributed by atoms with van der Waals surface area (Å²) in [6, 6.07) is 2.57. The highest BCUT2D eigenvalue weighted by Crippen LogP contribution is 2.63. The molecule has 0 radical (unpaired) electrons. The smallest absolute Gasteiger partial charge is 0.200 e. The number of fused-ring (bicyclic) bond motifs is 7. The molecule has 5 rings (SSSR count). The second-order valence-corrected chi connectivity index (χ2v) is 16.1. The topological polar surface area (TPSA) is 3.88 Å². The van der Waals surface area contributed by atoms with Crippen molar-refractivity contribution in [3.63, 3.8) is 0 Å². The number of benzene rings is 1. The molecule has 1 aromatic heterocycles. The lowest BCUT2D eigenvalue weighted by Gasteiger charge is -2.52. The largest absolute Gasteiger partial charge is 0.216 e. The molecule has 1 heterocycles. The summed E-state index contributed by atoms with van der Waals surface area (Å²) >= 11 is 0. The zero-order valence-electron chi connectivity index (χ0n) is 25.2. The van der Waals surface area contributed by atoms with Crippen LogP contribution in [0.3, 0.4) is 0 Å². The summed E-state index contributed by atoms with van der Waals surface area (Å²) < 4.78 is 2.51. The Morgan fingerprint density at radius 2 is 1.11 bits per heavy atom. The van der Waals surface area contributed by atoms with Gasteiger partial charge in [0.1, 0.15) is 7.05 Å². The average molecular weight is 473 g/mol. The second-order valence-electron chi connectivity index (χ2n) is 16.1. The van der Waals surface area contributed by atoms with E-state index in [1.807, 2.05) is 0 Å². The number of pyridine rings is 1. The van der Waals surface area contributed by atoms with Gasteiger partial charge in [-0.25, -0.2) is 4.57 Å². The standard InChI is InChI=1S/C34H50N/c1-20-17-21-24(32(8,9)19-31(21,6)7)26-23(20)28-27(34(12,13)33(26,10)11)25-22(18-35(28)14)29(2,3)15-16-30(25,4)5/h17-18H,15-16,19H2,1-14H3/q+1. The maximum absolute atomic E-state index is 2.57. The third-order valence-corrected chi connectivity index (χ3v) is 11.1. The van der Waals surface area contributed by atoms with Gasteiger partial charge in [-0.3, -0.25) is 0 Å². The van der Waals surface area contributed by atoms with Gasteiger partial charge in [-0.1, -0.05) is 89.2 Å². The van der Waals surface area contributed by atoms with Gasteiger partial charge < -0.3 is 0 Å². The van der Waals surface area contributed by atoms with E-state index in [0.717, 1.165) is 0 Å². The van der Waals surface area contributed by atoms with Gasteiger partial charge in [0.25, 0.3) is 0 Å². The summed E-state index contributed by atoms with van der Waals surface area (Å²) in [6.07, 6.45) is 6.23. The van der Waals surface area contributed by atoms with Crippen LogP contribution in [0.4, 0.5) is 0 Å². The van der Waals surface area contributed by atoms with E-state index in [-0.39, 0.29) is 32.5 Å². The number of rotatable bonds is 0. The third kappa shape index (κ3) is 2.96. The quantitative estimate of drug-likeness (QED) is 0.339. The first-order chi connectivity index (χ1) is 15.7. The maximum Gasteiger partial charge on any atom is 0.216 e. The van der Waals surface area contributed by atoms with Gasteiger partial charge in [-0.15, -0.1) is 0 Å². The molecular weight excluding hydrogens is 422 g/mol. The molecule has 190 valence electrons. The van der Waals surface area contributed by atoms with E-state index in [2.05, 4.69) is 114 Å². The number of nitrogens with zero attached hydrogens (tertiary/aromatic N) is 1. The van der Waals surface area contributed by atoms with E-state index in [4.69, 9.17) is 0 Å². The van der Waals surface area contributed by atoms with Crippen LogP contribution < -0.4 is 4.57 Å². The zero-order valence-corrected chi connectivity index (χ0v) is 25.2. The van der Waals surface area contributed by atoms with Crippen molar-refractivity contribution in [2.45, 2.75) is 142 Å². The highest BCUT2D eigenvalue weighted by atomic mass is 14.9. The summed E-state index contributed by atoms with van der Waals surface area (Å²) in [7, 11) is 2.32. The Bertz CT molecular complexity index is 1280. The molecule has 35 heavy (non-hydrogen) atoms. The van der Waals surface area contributed by atoms with Crippen molar-refractivity contribution in [3.8, 4) is 11.3 Å². The lowest BCUT2D eigenvalue weighted by Crippen LogP contribution is -2.52. The minimum Gasteiger partial charge on any atom is -0.200 e. The predicted molar refractivity (Wildman–Crippen MR) is 150 cm³/mol. The van der Waals surface area contributed by atoms with Crippen molar-refractivity contribution in [1.82, 2.24) is 0 Å². The Kier molecular flexibility index (Phi) is 4.74. The van der Waals surface area contributed by atoms with Crippen molar-refractivity contribution >= 4 is 0 Å². The third-order valence-electron chi connectivity index (χ3n) is 11.1. The minimum absolute atomic E-state index is 0.00744. The fraction of sp³-hybridized carbons (Fsp3) is 0.676. The van der Waals surface area contributed by atoms with Gasteiger partial charge >= 0.3 is 0 Å². The zero-order chi connectivity index (χ0) is 26.3. The Morgan fingerprint density at radius 1 is 0.600 bits per heavy atom. The van der Waals surface area contributed by atoms with Crippen LogP contribution in [0, 0.1) is 6.92 Å². The SMILES string of the molecule is Cc1cc2c(c3c1-c1c(c4c(c[n+]1C)C(C)(C)CCC4(C)C)C(C)(C)C3(C)C)C(C)(C)CC2(C)C. The summed E-state index contributed by atoms with van der Waals surface area (Å²) in [5, 5.41) is 0. The van der Waals surface area contributed by atoms with Crippen LogP contribution in [0.15, 0.2) is 12.3 Å². The summed E-state index contributed by atoms with van der Waals surface area (Å²) in [5.41, 5.74) is 15.0. The Hall–Kier alpha value is -1.63. The molecule has 0 unspecified atom stereocenters. The van der Waals surface area contributed by atoms with E-state index in [1.165, 1.54) is 36.1 Å². The molecule has 0 atom stereocenters. The van der Waals surface area contributed by atoms with Gasteiger partial charge in [0.05, 0.1) is 5.56 Å². The average Bonchev–Trinajstić information content (AvgIpc) is 2.86. The first kappa shape index (κ1) is 25.0. The Labute approximate surface area is 215 Å². The van der Waals surface area contributed by atoms with Gasteiger partial charge in [0.2, 0.25) is 5.69 Å². The molecule has 0 bridgehead atoms. The van der Waals surface area contributed by atoms with Crippen molar-refractivity contribution < 1.29 is 4.57 Å². The van der Waals surface area contributed by atoms with E-state index >= 15 is 0 Å². The second kappa shape index (κ2) is 6.62. The van der Waals surface area contributed by atoms with E-state index in [1.54, 1.807) is 33.4 Å². The number of aryl methyl sites for hydroxylation is 2. The van der Waals surface area contributed by atoms with Crippen LogP contribution in [-0.4, -0.2) is 0 Å². The monoisotopic (exact) mass is 472 g/mol. The first-order valence-corrected chi connectivity index (χ1v) is 14.0. The molecular formula is C34H50N+. The van der Waals surface area contributed by atoms with Crippen LogP contribution in [-0.2, 0) is 39.5 Å². The van der Waals surface area contributed by atoms with Crippen LogP contribution in [0.5, 0.6) is 0 Å². The van der Waals surface area contributed by atoms with Crippen molar-refractivity contribution in [2.75, 3.05) is 0 Å². The van der Waals surface area contributed by atoms with Gasteiger partial charge in [-0.05, 0) is 75.7 Å². The molecule has 3 aliphatic rings. The maximum atomic E-state index is 2.57. The molecule has 0 saturated carbocycles. The molecule has 0 amide bonds.